The van der Waals surface area contributed by atoms with Crippen LogP contribution in [0, 0.1) is 6.92 Å². The monoisotopic (exact) mass is 303 g/mol. The van der Waals surface area contributed by atoms with Crippen molar-refractivity contribution in [1.82, 2.24) is 24.8 Å². The molecule has 1 atom stereocenters. The van der Waals surface area contributed by atoms with E-state index < -0.39 is 0 Å². The highest BCUT2D eigenvalue weighted by atomic mass is 16.5. The molecule has 3 rings (SSSR count). The molecule has 0 spiro atoms. The van der Waals surface area contributed by atoms with E-state index in [0.717, 1.165) is 50.0 Å². The van der Waals surface area contributed by atoms with E-state index in [2.05, 4.69) is 31.8 Å². The number of imidazole rings is 2. The molecule has 0 amide bonds. The summed E-state index contributed by atoms with van der Waals surface area (Å²) in [6.45, 7) is 7.64. The molecule has 6 nitrogen and oxygen atoms in total. The molecule has 0 aromatic carbocycles. The van der Waals surface area contributed by atoms with Crippen LogP contribution < -0.4 is 0 Å². The van der Waals surface area contributed by atoms with Crippen LogP contribution in [-0.4, -0.2) is 44.5 Å². The third-order valence-electron chi connectivity index (χ3n) is 4.02. The maximum Gasteiger partial charge on any atom is 0.136 e. The quantitative estimate of drug-likeness (QED) is 0.859. The average molecular weight is 303 g/mol. The zero-order valence-corrected chi connectivity index (χ0v) is 13.4. The lowest BCUT2D eigenvalue weighted by molar-refractivity contribution is -0.0372. The minimum Gasteiger partial charge on any atom is -0.368 e. The van der Waals surface area contributed by atoms with Crippen molar-refractivity contribution in [2.45, 2.75) is 45.8 Å². The van der Waals surface area contributed by atoms with Crippen LogP contribution in [0.1, 0.15) is 48.9 Å². The number of hydrogen-bond acceptors (Lipinski definition) is 4. The van der Waals surface area contributed by atoms with Gasteiger partial charge < -0.3 is 14.7 Å². The number of hydrogen-bond donors (Lipinski definition) is 2. The van der Waals surface area contributed by atoms with Gasteiger partial charge in [-0.1, -0.05) is 13.3 Å². The van der Waals surface area contributed by atoms with Crippen molar-refractivity contribution < 1.29 is 4.74 Å². The Hall–Kier alpha value is -1.66. The van der Waals surface area contributed by atoms with Gasteiger partial charge in [0.15, 0.2) is 0 Å². The zero-order valence-electron chi connectivity index (χ0n) is 13.4. The summed E-state index contributed by atoms with van der Waals surface area (Å²) in [6, 6.07) is 0. The molecule has 0 radical (unpaired) electrons. The number of morpholine rings is 1. The van der Waals surface area contributed by atoms with Gasteiger partial charge in [-0.15, -0.1) is 0 Å². The van der Waals surface area contributed by atoms with Gasteiger partial charge in [0.2, 0.25) is 0 Å². The molecule has 0 bridgehead atoms. The van der Waals surface area contributed by atoms with E-state index in [1.807, 2.05) is 19.3 Å². The zero-order chi connectivity index (χ0) is 15.4. The summed E-state index contributed by atoms with van der Waals surface area (Å²) >= 11 is 0. The molecular formula is C16H25N5O. The van der Waals surface area contributed by atoms with Gasteiger partial charge in [-0.25, -0.2) is 9.97 Å². The summed E-state index contributed by atoms with van der Waals surface area (Å²) < 4.78 is 5.84. The SMILES string of the molecule is CCCCc1ncc(CN2CCO[C@H](c3ncc(C)[nH]3)C2)[nH]1. The van der Waals surface area contributed by atoms with Crippen LogP contribution in [0.5, 0.6) is 0 Å². The highest BCUT2D eigenvalue weighted by Gasteiger charge is 2.24. The topological polar surface area (TPSA) is 69.8 Å². The summed E-state index contributed by atoms with van der Waals surface area (Å²) in [5, 5.41) is 0. The van der Waals surface area contributed by atoms with Crippen LogP contribution in [0.25, 0.3) is 0 Å². The summed E-state index contributed by atoms with van der Waals surface area (Å²) in [6.07, 6.45) is 7.27. The Morgan fingerprint density at radius 1 is 1.32 bits per heavy atom. The maximum absolute atomic E-state index is 5.84. The molecule has 2 N–H and O–H groups in total. The van der Waals surface area contributed by atoms with Crippen LogP contribution in [0.2, 0.25) is 0 Å². The molecular weight excluding hydrogens is 278 g/mol. The standard InChI is InChI=1S/C16H25N5O/c1-3-4-5-15-17-9-13(20-15)10-21-6-7-22-14(11-21)16-18-8-12(2)19-16/h8-9,14H,3-7,10-11H2,1-2H3,(H,17,20)(H,18,19)/t14-/m0/s1. The Balaban J connectivity index is 1.57. The third-order valence-corrected chi connectivity index (χ3v) is 4.02. The lowest BCUT2D eigenvalue weighted by Crippen LogP contribution is -2.38. The molecule has 1 fully saturated rings. The van der Waals surface area contributed by atoms with Crippen LogP contribution in [-0.2, 0) is 17.7 Å². The highest BCUT2D eigenvalue weighted by Crippen LogP contribution is 2.20. The van der Waals surface area contributed by atoms with Crippen LogP contribution in [0.3, 0.4) is 0 Å². The highest BCUT2D eigenvalue weighted by molar-refractivity contribution is 5.04. The molecule has 1 aliphatic rings. The number of H-pyrrole nitrogens is 2. The normalized spacial score (nSPS) is 19.6. The van der Waals surface area contributed by atoms with Crippen molar-refractivity contribution in [2.24, 2.45) is 0 Å². The molecule has 2 aromatic heterocycles. The maximum atomic E-state index is 5.84. The number of unbranched alkanes of at least 4 members (excludes halogenated alkanes) is 1. The Morgan fingerprint density at radius 3 is 3.00 bits per heavy atom. The molecule has 1 aliphatic heterocycles. The minimum absolute atomic E-state index is 0.0323. The van der Waals surface area contributed by atoms with Gasteiger partial charge in [-0.05, 0) is 13.3 Å². The molecule has 0 saturated carbocycles. The van der Waals surface area contributed by atoms with Crippen molar-refractivity contribution >= 4 is 0 Å². The van der Waals surface area contributed by atoms with Crippen molar-refractivity contribution in [3.8, 4) is 0 Å². The average Bonchev–Trinajstić information content (AvgIpc) is 3.15. The number of rotatable bonds is 6. The van der Waals surface area contributed by atoms with Gasteiger partial charge in [0.1, 0.15) is 17.8 Å². The second kappa shape index (κ2) is 7.07. The fraction of sp³-hybridized carbons (Fsp3) is 0.625. The van der Waals surface area contributed by atoms with Crippen molar-refractivity contribution in [2.75, 3.05) is 19.7 Å². The molecule has 1 saturated heterocycles. The first-order chi connectivity index (χ1) is 10.7. The summed E-state index contributed by atoms with van der Waals surface area (Å²) in [5.74, 6) is 2.03. The second-order valence-corrected chi connectivity index (χ2v) is 6.00. The van der Waals surface area contributed by atoms with Gasteiger partial charge in [0, 0.05) is 49.8 Å². The number of ether oxygens (including phenoxy) is 1. The first kappa shape index (κ1) is 15.2. The van der Waals surface area contributed by atoms with Crippen molar-refractivity contribution in [3.05, 3.63) is 35.4 Å². The van der Waals surface area contributed by atoms with E-state index >= 15 is 0 Å². The fourth-order valence-corrected chi connectivity index (χ4v) is 2.81. The summed E-state index contributed by atoms with van der Waals surface area (Å²) in [7, 11) is 0. The van der Waals surface area contributed by atoms with Gasteiger partial charge in [-0.3, -0.25) is 4.90 Å². The number of nitrogens with one attached hydrogen (secondary N) is 2. The number of nitrogens with zero attached hydrogens (tertiary/aromatic N) is 3. The first-order valence-corrected chi connectivity index (χ1v) is 8.13. The number of aromatic amines is 2. The van der Waals surface area contributed by atoms with Gasteiger partial charge >= 0.3 is 0 Å². The van der Waals surface area contributed by atoms with Crippen LogP contribution in [0.15, 0.2) is 12.4 Å². The van der Waals surface area contributed by atoms with Crippen LogP contribution >= 0.6 is 0 Å². The lowest BCUT2D eigenvalue weighted by atomic mass is 10.2. The second-order valence-electron chi connectivity index (χ2n) is 6.00. The van der Waals surface area contributed by atoms with Gasteiger partial charge in [0.25, 0.3) is 0 Å². The molecule has 120 valence electrons. The van der Waals surface area contributed by atoms with Crippen molar-refractivity contribution in [3.63, 3.8) is 0 Å². The Kier molecular flexibility index (Phi) is 4.90. The number of aromatic nitrogens is 4. The van der Waals surface area contributed by atoms with Crippen molar-refractivity contribution in [1.29, 1.82) is 0 Å². The Morgan fingerprint density at radius 2 is 2.23 bits per heavy atom. The van der Waals surface area contributed by atoms with E-state index in [9.17, 15) is 0 Å². The minimum atomic E-state index is 0.0323. The van der Waals surface area contributed by atoms with Gasteiger partial charge in [-0.2, -0.15) is 0 Å². The molecule has 0 aliphatic carbocycles. The molecule has 2 aromatic rings. The Bertz CT molecular complexity index is 591. The Labute approximate surface area is 131 Å². The van der Waals surface area contributed by atoms with E-state index in [0.29, 0.717) is 0 Å². The number of aryl methyl sites for hydroxylation is 2. The van der Waals surface area contributed by atoms with Crippen LogP contribution in [0.4, 0.5) is 0 Å². The predicted molar refractivity (Wildman–Crippen MR) is 84.5 cm³/mol. The summed E-state index contributed by atoms with van der Waals surface area (Å²) in [5.41, 5.74) is 2.26. The lowest BCUT2D eigenvalue weighted by Gasteiger charge is -2.31. The molecule has 6 heteroatoms. The first-order valence-electron chi connectivity index (χ1n) is 8.13. The van der Waals surface area contributed by atoms with E-state index in [-0.39, 0.29) is 6.10 Å². The van der Waals surface area contributed by atoms with E-state index in [1.165, 1.54) is 18.5 Å². The van der Waals surface area contributed by atoms with Gasteiger partial charge in [0.05, 0.1) is 6.61 Å². The smallest absolute Gasteiger partial charge is 0.136 e. The third kappa shape index (κ3) is 3.75. The van der Waals surface area contributed by atoms with E-state index in [4.69, 9.17) is 4.74 Å². The molecule has 3 heterocycles. The molecule has 22 heavy (non-hydrogen) atoms. The summed E-state index contributed by atoms with van der Waals surface area (Å²) in [4.78, 5) is 18.0. The predicted octanol–water partition coefficient (Wildman–Crippen LogP) is 2.36. The largest absolute Gasteiger partial charge is 0.368 e. The fourth-order valence-electron chi connectivity index (χ4n) is 2.81. The van der Waals surface area contributed by atoms with E-state index in [1.54, 1.807) is 0 Å². The molecule has 0 unspecified atom stereocenters.